The van der Waals surface area contributed by atoms with Gasteiger partial charge < -0.3 is 4.74 Å². The number of rotatable bonds is 4. The van der Waals surface area contributed by atoms with Crippen LogP contribution in [0.2, 0.25) is 0 Å². The third-order valence-electron chi connectivity index (χ3n) is 4.04. The number of benzene rings is 2. The number of esters is 1. The zero-order valence-corrected chi connectivity index (χ0v) is 12.8. The molecule has 1 saturated heterocycles. The van der Waals surface area contributed by atoms with Crippen LogP contribution in [0.15, 0.2) is 60.7 Å². The third-order valence-corrected chi connectivity index (χ3v) is 4.04. The summed E-state index contributed by atoms with van der Waals surface area (Å²) in [6, 6.07) is 19.5. The lowest BCUT2D eigenvalue weighted by molar-refractivity contribution is -0.0170. The Kier molecular flexibility index (Phi) is 4.54. The molecule has 1 fully saturated rings. The lowest BCUT2D eigenvalue weighted by Crippen LogP contribution is -2.33. The highest BCUT2D eigenvalue weighted by Gasteiger charge is 2.32. The first kappa shape index (κ1) is 14.8. The summed E-state index contributed by atoms with van der Waals surface area (Å²) in [5.74, 6) is 0.301. The normalized spacial score (nSPS) is 21.7. The van der Waals surface area contributed by atoms with Crippen molar-refractivity contribution < 1.29 is 9.53 Å². The summed E-state index contributed by atoms with van der Waals surface area (Å²) in [6.45, 7) is 3.98. The van der Waals surface area contributed by atoms with Gasteiger partial charge in [0.05, 0.1) is 5.56 Å². The second kappa shape index (κ2) is 6.75. The molecule has 0 bridgehead atoms. The van der Waals surface area contributed by atoms with E-state index in [-0.39, 0.29) is 12.2 Å². The van der Waals surface area contributed by atoms with Crippen LogP contribution in [-0.2, 0) is 11.3 Å². The van der Waals surface area contributed by atoms with Crippen molar-refractivity contribution >= 4 is 5.97 Å². The highest BCUT2D eigenvalue weighted by molar-refractivity contribution is 5.89. The Balaban J connectivity index is 1.67. The molecule has 0 unspecified atom stereocenters. The molecule has 3 heteroatoms. The Morgan fingerprint density at radius 3 is 2.41 bits per heavy atom. The van der Waals surface area contributed by atoms with E-state index in [0.29, 0.717) is 11.5 Å². The summed E-state index contributed by atoms with van der Waals surface area (Å²) in [5.41, 5.74) is 1.86. The van der Waals surface area contributed by atoms with Crippen molar-refractivity contribution in [3.8, 4) is 0 Å². The molecule has 114 valence electrons. The molecule has 2 aromatic rings. The van der Waals surface area contributed by atoms with Gasteiger partial charge in [-0.25, -0.2) is 4.79 Å². The first-order valence-corrected chi connectivity index (χ1v) is 7.76. The molecule has 1 aliphatic rings. The molecular weight excluding hydrogens is 274 g/mol. The molecule has 3 rings (SSSR count). The molecule has 2 atom stereocenters. The minimum Gasteiger partial charge on any atom is -0.443 e. The quantitative estimate of drug-likeness (QED) is 0.805. The maximum Gasteiger partial charge on any atom is 0.339 e. The molecular formula is C19H21NO2. The molecule has 0 amide bonds. The third kappa shape index (κ3) is 3.55. The van der Waals surface area contributed by atoms with E-state index in [1.807, 2.05) is 36.4 Å². The van der Waals surface area contributed by atoms with Gasteiger partial charge in [-0.15, -0.1) is 0 Å². The highest BCUT2D eigenvalue weighted by Crippen LogP contribution is 2.26. The van der Waals surface area contributed by atoms with Crippen LogP contribution in [0.25, 0.3) is 0 Å². The van der Waals surface area contributed by atoms with Crippen molar-refractivity contribution in [1.82, 2.24) is 4.90 Å². The zero-order chi connectivity index (χ0) is 15.4. The number of hydrogen-bond donors (Lipinski definition) is 0. The zero-order valence-electron chi connectivity index (χ0n) is 12.8. The van der Waals surface area contributed by atoms with Crippen molar-refractivity contribution in [2.75, 3.05) is 6.54 Å². The van der Waals surface area contributed by atoms with Crippen LogP contribution in [0.1, 0.15) is 29.3 Å². The summed E-state index contributed by atoms with van der Waals surface area (Å²) < 4.78 is 5.74. The molecule has 3 nitrogen and oxygen atoms in total. The SMILES string of the molecule is C[C@H]1C[C@@H](OC(=O)c2ccccc2)N(Cc2ccccc2)C1. The molecule has 0 saturated carbocycles. The molecule has 0 radical (unpaired) electrons. The Morgan fingerprint density at radius 2 is 1.73 bits per heavy atom. The second-order valence-corrected chi connectivity index (χ2v) is 5.98. The van der Waals surface area contributed by atoms with Crippen molar-refractivity contribution in [3.05, 3.63) is 71.8 Å². The van der Waals surface area contributed by atoms with E-state index in [1.165, 1.54) is 5.56 Å². The molecule has 1 aliphatic heterocycles. The average molecular weight is 295 g/mol. The van der Waals surface area contributed by atoms with Crippen LogP contribution in [0, 0.1) is 5.92 Å². The summed E-state index contributed by atoms with van der Waals surface area (Å²) in [6.07, 6.45) is 0.758. The largest absolute Gasteiger partial charge is 0.443 e. The Hall–Kier alpha value is -2.13. The van der Waals surface area contributed by atoms with E-state index in [2.05, 4.69) is 24.0 Å². The van der Waals surface area contributed by atoms with Crippen LogP contribution < -0.4 is 0 Å². The fraction of sp³-hybridized carbons (Fsp3) is 0.316. The first-order valence-electron chi connectivity index (χ1n) is 7.76. The van der Waals surface area contributed by atoms with Gasteiger partial charge >= 0.3 is 5.97 Å². The highest BCUT2D eigenvalue weighted by atomic mass is 16.6. The van der Waals surface area contributed by atoms with E-state index in [1.54, 1.807) is 12.1 Å². The second-order valence-electron chi connectivity index (χ2n) is 5.98. The standard InChI is InChI=1S/C19H21NO2/c1-15-12-18(22-19(21)17-10-6-3-7-11-17)20(13-15)14-16-8-4-2-5-9-16/h2-11,15,18H,12-14H2,1H3/t15-,18+/m0/s1. The summed E-state index contributed by atoms with van der Waals surface area (Å²) in [7, 11) is 0. The molecule has 0 aromatic heterocycles. The summed E-state index contributed by atoms with van der Waals surface area (Å²) in [5, 5.41) is 0. The Bertz CT molecular complexity index is 612. The van der Waals surface area contributed by atoms with Gasteiger partial charge in [0.2, 0.25) is 0 Å². The molecule has 22 heavy (non-hydrogen) atoms. The van der Waals surface area contributed by atoms with Gasteiger partial charge in [0.15, 0.2) is 6.23 Å². The van der Waals surface area contributed by atoms with E-state index in [9.17, 15) is 4.79 Å². The van der Waals surface area contributed by atoms with E-state index in [4.69, 9.17) is 4.74 Å². The fourth-order valence-corrected chi connectivity index (χ4v) is 2.96. The number of nitrogens with zero attached hydrogens (tertiary/aromatic N) is 1. The topological polar surface area (TPSA) is 29.5 Å². The van der Waals surface area contributed by atoms with Crippen molar-refractivity contribution in [1.29, 1.82) is 0 Å². The smallest absolute Gasteiger partial charge is 0.339 e. The minimum absolute atomic E-state index is 0.136. The van der Waals surface area contributed by atoms with E-state index in [0.717, 1.165) is 19.5 Å². The number of carbonyl (C=O) groups is 1. The van der Waals surface area contributed by atoms with Crippen LogP contribution in [0.5, 0.6) is 0 Å². The van der Waals surface area contributed by atoms with E-state index >= 15 is 0 Å². The number of likely N-dealkylation sites (tertiary alicyclic amines) is 1. The predicted molar refractivity (Wildman–Crippen MR) is 86.3 cm³/mol. The van der Waals surface area contributed by atoms with Crippen molar-refractivity contribution in [3.63, 3.8) is 0 Å². The number of hydrogen-bond acceptors (Lipinski definition) is 3. The molecule has 0 spiro atoms. The number of carbonyl (C=O) groups excluding carboxylic acids is 1. The molecule has 0 N–H and O–H groups in total. The fourth-order valence-electron chi connectivity index (χ4n) is 2.96. The predicted octanol–water partition coefficient (Wildman–Crippen LogP) is 3.71. The molecule has 1 heterocycles. The first-order chi connectivity index (χ1) is 10.7. The Morgan fingerprint density at radius 1 is 1.09 bits per heavy atom. The minimum atomic E-state index is -0.238. The van der Waals surface area contributed by atoms with Gasteiger partial charge in [0, 0.05) is 19.5 Å². The van der Waals surface area contributed by atoms with Crippen LogP contribution >= 0.6 is 0 Å². The van der Waals surface area contributed by atoms with Gasteiger partial charge in [-0.1, -0.05) is 55.5 Å². The van der Waals surface area contributed by atoms with Crippen LogP contribution in [0.3, 0.4) is 0 Å². The van der Waals surface area contributed by atoms with Crippen LogP contribution in [0.4, 0.5) is 0 Å². The molecule has 2 aromatic carbocycles. The Labute approximate surface area is 131 Å². The van der Waals surface area contributed by atoms with Crippen molar-refractivity contribution in [2.45, 2.75) is 26.1 Å². The van der Waals surface area contributed by atoms with Gasteiger partial charge in [-0.3, -0.25) is 4.90 Å². The lowest BCUT2D eigenvalue weighted by Gasteiger charge is -2.24. The van der Waals surface area contributed by atoms with Crippen LogP contribution in [-0.4, -0.2) is 23.6 Å². The number of ether oxygens (including phenoxy) is 1. The van der Waals surface area contributed by atoms with Gasteiger partial charge in [0.1, 0.15) is 0 Å². The maximum absolute atomic E-state index is 12.3. The maximum atomic E-state index is 12.3. The lowest BCUT2D eigenvalue weighted by atomic mass is 10.1. The average Bonchev–Trinajstić information content (AvgIpc) is 2.88. The van der Waals surface area contributed by atoms with Gasteiger partial charge in [-0.2, -0.15) is 0 Å². The summed E-state index contributed by atoms with van der Waals surface area (Å²) >= 11 is 0. The van der Waals surface area contributed by atoms with E-state index < -0.39 is 0 Å². The van der Waals surface area contributed by atoms with Crippen molar-refractivity contribution in [2.24, 2.45) is 5.92 Å². The molecule has 0 aliphatic carbocycles. The monoisotopic (exact) mass is 295 g/mol. The van der Waals surface area contributed by atoms with Gasteiger partial charge in [-0.05, 0) is 23.6 Å². The van der Waals surface area contributed by atoms with Gasteiger partial charge in [0.25, 0.3) is 0 Å². The summed E-state index contributed by atoms with van der Waals surface area (Å²) in [4.78, 5) is 14.5.